The zero-order chi connectivity index (χ0) is 23.2. The summed E-state index contributed by atoms with van der Waals surface area (Å²) in [6.45, 7) is 6.45. The Hall–Kier alpha value is -1.82. The van der Waals surface area contributed by atoms with Gasteiger partial charge < -0.3 is 19.7 Å². The van der Waals surface area contributed by atoms with Gasteiger partial charge in [0.05, 0.1) is 9.79 Å². The first kappa shape index (κ1) is 23.8. The third-order valence-electron chi connectivity index (χ3n) is 5.06. The third kappa shape index (κ3) is 4.69. The Morgan fingerprint density at radius 2 is 1.00 bits per heavy atom. The number of aryl methyl sites for hydroxylation is 2. The second-order valence-electron chi connectivity index (χ2n) is 8.06. The molecule has 1 aliphatic heterocycles. The highest BCUT2D eigenvalue weighted by molar-refractivity contribution is 7.92. The van der Waals surface area contributed by atoms with Crippen molar-refractivity contribution in [1.82, 2.24) is 0 Å². The smallest absolute Gasteiger partial charge is 0.207 e. The van der Waals surface area contributed by atoms with Gasteiger partial charge in [0.2, 0.25) is 19.7 Å². The van der Waals surface area contributed by atoms with E-state index in [-0.39, 0.29) is 9.79 Å². The fraction of sp³-hybridized carbons (Fsp3) is 0.429. The molecule has 1 heterocycles. The van der Waals surface area contributed by atoms with Gasteiger partial charge in [-0.25, -0.2) is 16.8 Å². The van der Waals surface area contributed by atoms with Gasteiger partial charge in [-0.2, -0.15) is 0 Å². The minimum absolute atomic E-state index is 0.159. The van der Waals surface area contributed by atoms with E-state index >= 15 is 0 Å². The van der Waals surface area contributed by atoms with E-state index in [4.69, 9.17) is 9.47 Å². The second-order valence-corrected chi connectivity index (χ2v) is 12.2. The van der Waals surface area contributed by atoms with Gasteiger partial charge >= 0.3 is 0 Å². The summed E-state index contributed by atoms with van der Waals surface area (Å²) >= 11 is 0. The molecule has 1 saturated heterocycles. The molecule has 2 aromatic carbocycles. The molecule has 0 amide bonds. The number of rotatable bonds is 6. The molecule has 8 nitrogen and oxygen atoms in total. The monoisotopic (exact) mass is 470 g/mol. The summed E-state index contributed by atoms with van der Waals surface area (Å²) in [6, 6.07) is 11.6. The highest BCUT2D eigenvalue weighted by Gasteiger charge is 2.54. The van der Waals surface area contributed by atoms with Crippen LogP contribution < -0.4 is 0 Å². The molecule has 0 saturated carbocycles. The van der Waals surface area contributed by atoms with Gasteiger partial charge in [-0.05, 0) is 52.0 Å². The summed E-state index contributed by atoms with van der Waals surface area (Å²) in [7, 11) is -8.65. The minimum atomic E-state index is -4.33. The van der Waals surface area contributed by atoms with Crippen molar-refractivity contribution in [3.63, 3.8) is 0 Å². The minimum Gasteiger partial charge on any atom is -0.375 e. The van der Waals surface area contributed by atoms with Crippen molar-refractivity contribution < 1.29 is 36.5 Å². The van der Waals surface area contributed by atoms with Crippen LogP contribution in [0.1, 0.15) is 25.0 Å². The fourth-order valence-corrected chi connectivity index (χ4v) is 6.06. The lowest BCUT2D eigenvalue weighted by atomic mass is 10.2. The Labute approximate surface area is 182 Å². The molecule has 3 rings (SSSR count). The summed E-state index contributed by atoms with van der Waals surface area (Å²) in [6.07, 6.45) is -3.28. The Morgan fingerprint density at radius 3 is 1.29 bits per heavy atom. The molecule has 2 N–H and O–H groups in total. The lowest BCUT2D eigenvalue weighted by Gasteiger charge is -2.25. The van der Waals surface area contributed by atoms with Gasteiger partial charge in [-0.3, -0.25) is 0 Å². The van der Waals surface area contributed by atoms with Crippen LogP contribution in [0.4, 0.5) is 0 Å². The van der Waals surface area contributed by atoms with Gasteiger partial charge in [0, 0.05) is 0 Å². The zero-order valence-electron chi connectivity index (χ0n) is 17.6. The number of ether oxygens (including phenoxy) is 2. The lowest BCUT2D eigenvalue weighted by molar-refractivity contribution is -0.154. The number of hydrogen-bond acceptors (Lipinski definition) is 8. The number of sulfone groups is 2. The molecule has 0 spiro atoms. The Balaban J connectivity index is 1.97. The van der Waals surface area contributed by atoms with Crippen LogP contribution in [0, 0.1) is 13.8 Å². The maximum Gasteiger partial charge on any atom is 0.207 e. The van der Waals surface area contributed by atoms with E-state index in [0.29, 0.717) is 0 Å². The molecule has 0 aromatic heterocycles. The highest BCUT2D eigenvalue weighted by atomic mass is 32.2. The van der Waals surface area contributed by atoms with Gasteiger partial charge in [-0.1, -0.05) is 35.4 Å². The van der Waals surface area contributed by atoms with Crippen LogP contribution in [0.15, 0.2) is 58.3 Å². The molecule has 0 aliphatic carbocycles. The molecular weight excluding hydrogens is 444 g/mol. The highest BCUT2D eigenvalue weighted by Crippen LogP contribution is 2.37. The molecule has 1 aliphatic rings. The number of hydrogen-bond donors (Lipinski definition) is 2. The summed E-state index contributed by atoms with van der Waals surface area (Å²) in [5.41, 5.74) is -2.67. The first-order chi connectivity index (χ1) is 14.3. The standard InChI is InChI=1S/C21H26O8S2/c1-13-5-9-15(10-6-13)30(24,25)19(22)17-18(29-21(3,4)28-17)20(23)31(26,27)16-11-7-14(2)8-12-16/h5-12,17-20,22-23H,1-4H3/t17-,18-,19?,20?/m1/s1. The molecule has 0 bridgehead atoms. The van der Waals surface area contributed by atoms with Crippen LogP contribution >= 0.6 is 0 Å². The Bertz CT molecular complexity index is 1050. The van der Waals surface area contributed by atoms with Crippen LogP contribution in [0.5, 0.6) is 0 Å². The van der Waals surface area contributed by atoms with E-state index in [0.717, 1.165) is 11.1 Å². The van der Waals surface area contributed by atoms with Crippen molar-refractivity contribution in [3.05, 3.63) is 59.7 Å². The van der Waals surface area contributed by atoms with E-state index in [1.54, 1.807) is 38.1 Å². The molecule has 31 heavy (non-hydrogen) atoms. The number of benzene rings is 2. The largest absolute Gasteiger partial charge is 0.375 e. The molecule has 1 fully saturated rings. The predicted molar refractivity (Wildman–Crippen MR) is 113 cm³/mol. The maximum atomic E-state index is 13.0. The van der Waals surface area contributed by atoms with E-state index in [1.807, 2.05) is 0 Å². The average molecular weight is 471 g/mol. The summed E-state index contributed by atoms with van der Waals surface area (Å²) in [4.78, 5) is -0.318. The van der Waals surface area contributed by atoms with Gasteiger partial charge in [-0.15, -0.1) is 0 Å². The normalized spacial score (nSPS) is 23.4. The topological polar surface area (TPSA) is 127 Å². The van der Waals surface area contributed by atoms with Gasteiger partial charge in [0.25, 0.3) is 0 Å². The van der Waals surface area contributed by atoms with Crippen LogP contribution in [-0.2, 0) is 29.1 Å². The van der Waals surface area contributed by atoms with E-state index < -0.39 is 48.5 Å². The molecule has 2 aromatic rings. The molecule has 2 unspecified atom stereocenters. The van der Waals surface area contributed by atoms with E-state index in [9.17, 15) is 27.0 Å². The second kappa shape index (κ2) is 8.27. The van der Waals surface area contributed by atoms with Crippen LogP contribution in [0.25, 0.3) is 0 Å². The summed E-state index contributed by atoms with van der Waals surface area (Å²) < 4.78 is 62.9. The third-order valence-corrected chi connectivity index (χ3v) is 8.73. The van der Waals surface area contributed by atoms with Crippen molar-refractivity contribution in [2.45, 2.75) is 66.4 Å². The molecule has 10 heteroatoms. The number of aliphatic hydroxyl groups is 2. The van der Waals surface area contributed by atoms with Gasteiger partial charge in [0.15, 0.2) is 16.7 Å². The molecule has 170 valence electrons. The first-order valence-corrected chi connectivity index (χ1v) is 12.7. The quantitative estimate of drug-likeness (QED) is 0.653. The van der Waals surface area contributed by atoms with Crippen molar-refractivity contribution in [1.29, 1.82) is 0 Å². The summed E-state index contributed by atoms with van der Waals surface area (Å²) in [5.74, 6) is -1.43. The first-order valence-electron chi connectivity index (χ1n) is 9.59. The predicted octanol–water partition coefficient (Wildman–Crippen LogP) is 1.71. The fourth-order valence-electron chi connectivity index (χ4n) is 3.35. The van der Waals surface area contributed by atoms with Crippen molar-refractivity contribution in [2.75, 3.05) is 0 Å². The van der Waals surface area contributed by atoms with E-state index in [1.165, 1.54) is 38.1 Å². The SMILES string of the molecule is Cc1ccc(S(=O)(=O)C(O)[C@@H]2OC(C)(C)O[C@H]2C(O)S(=O)(=O)c2ccc(C)cc2)cc1. The average Bonchev–Trinajstić information content (AvgIpc) is 3.02. The maximum absolute atomic E-state index is 13.0. The lowest BCUT2D eigenvalue weighted by Crippen LogP contribution is -2.48. The number of aliphatic hydroxyl groups excluding tert-OH is 2. The van der Waals surface area contributed by atoms with E-state index in [2.05, 4.69) is 0 Å². The van der Waals surface area contributed by atoms with Crippen LogP contribution in [0.2, 0.25) is 0 Å². The van der Waals surface area contributed by atoms with Crippen molar-refractivity contribution in [2.24, 2.45) is 0 Å². The van der Waals surface area contributed by atoms with Crippen molar-refractivity contribution in [3.8, 4) is 0 Å². The van der Waals surface area contributed by atoms with Gasteiger partial charge in [0.1, 0.15) is 12.2 Å². The van der Waals surface area contributed by atoms with Crippen LogP contribution in [-0.4, -0.2) is 55.9 Å². The Morgan fingerprint density at radius 1 is 0.710 bits per heavy atom. The summed E-state index contributed by atoms with van der Waals surface area (Å²) in [5, 5.41) is 21.4. The van der Waals surface area contributed by atoms with Crippen molar-refractivity contribution >= 4 is 19.7 Å². The zero-order valence-corrected chi connectivity index (χ0v) is 19.2. The molecule has 4 atom stereocenters. The van der Waals surface area contributed by atoms with Crippen LogP contribution in [0.3, 0.4) is 0 Å². The molecule has 0 radical (unpaired) electrons. The molecular formula is C21H26O8S2. The Kier molecular flexibility index (Phi) is 6.36.